The predicted molar refractivity (Wildman–Crippen MR) is 47.1 cm³/mol. The Balaban J connectivity index is 2.49. The average molecular weight is 183 g/mol. The van der Waals surface area contributed by atoms with Gasteiger partial charge in [0.2, 0.25) is 0 Å². The molecule has 0 fully saturated rings. The quantitative estimate of drug-likeness (QED) is 0.724. The van der Waals surface area contributed by atoms with Crippen LogP contribution in [0, 0.1) is 0 Å². The molecule has 0 aliphatic carbocycles. The molecule has 0 amide bonds. The molecule has 70 valence electrons. The van der Waals surface area contributed by atoms with Crippen molar-refractivity contribution >= 4 is 11.7 Å². The Morgan fingerprint density at radius 1 is 1.38 bits per heavy atom. The van der Waals surface area contributed by atoms with E-state index in [4.69, 9.17) is 5.11 Å². The summed E-state index contributed by atoms with van der Waals surface area (Å²) in [6, 6.07) is 8.34. The molecule has 0 bridgehead atoms. The van der Waals surface area contributed by atoms with Gasteiger partial charge in [0.05, 0.1) is 18.7 Å². The van der Waals surface area contributed by atoms with Crippen molar-refractivity contribution in [3.05, 3.63) is 30.3 Å². The van der Waals surface area contributed by atoms with Gasteiger partial charge in [0, 0.05) is 0 Å². The Morgan fingerprint density at radius 2 is 2.00 bits per heavy atom. The van der Waals surface area contributed by atoms with Crippen LogP contribution in [-0.4, -0.2) is 17.6 Å². The summed E-state index contributed by atoms with van der Waals surface area (Å²) in [7, 11) is 0. The van der Waals surface area contributed by atoms with Crippen LogP contribution in [0.5, 0.6) is 0 Å². The molecule has 13 heavy (non-hydrogen) atoms. The Bertz CT molecular complexity index is 276. The molecule has 3 nitrogen and oxygen atoms in total. The predicted octanol–water partition coefficient (Wildman–Crippen LogP) is 1.85. The van der Waals surface area contributed by atoms with E-state index < -0.39 is 5.97 Å². The second kappa shape index (κ2) is 4.45. The lowest BCUT2D eigenvalue weighted by Gasteiger charge is -2.11. The van der Waals surface area contributed by atoms with Gasteiger partial charge >= 0.3 is 5.97 Å². The van der Waals surface area contributed by atoms with Gasteiger partial charge in [-0.05, 0) is 12.1 Å². The second-order valence-corrected chi connectivity index (χ2v) is 2.57. The minimum atomic E-state index is -1.00. The Kier molecular flexibility index (Phi) is 3.25. The van der Waals surface area contributed by atoms with Crippen LogP contribution in [0.15, 0.2) is 30.3 Å². The zero-order valence-corrected chi connectivity index (χ0v) is 6.98. The van der Waals surface area contributed by atoms with E-state index in [0.29, 0.717) is 10.8 Å². The maximum Gasteiger partial charge on any atom is 0.305 e. The fourth-order valence-corrected chi connectivity index (χ4v) is 0.913. The minimum absolute atomic E-state index is 0.126. The third kappa shape index (κ3) is 3.11. The number of aliphatic carboxylic acids is 1. The normalized spacial score (nSPS) is 9.62. The van der Waals surface area contributed by atoms with Gasteiger partial charge in [-0.3, -0.25) is 4.79 Å². The maximum atomic E-state index is 13.1. The molecule has 0 saturated carbocycles. The molecule has 0 aliphatic heterocycles. The van der Waals surface area contributed by atoms with Gasteiger partial charge in [0.15, 0.2) is 0 Å². The summed E-state index contributed by atoms with van der Waals surface area (Å²) < 4.78 is 13.1. The number of anilines is 1. The van der Waals surface area contributed by atoms with Gasteiger partial charge in [-0.2, -0.15) is 0 Å². The van der Waals surface area contributed by atoms with Gasteiger partial charge in [0.25, 0.3) is 0 Å². The van der Waals surface area contributed by atoms with E-state index in [1.807, 2.05) is 0 Å². The molecular weight excluding hydrogens is 173 g/mol. The third-order valence-corrected chi connectivity index (χ3v) is 1.56. The standard InChI is InChI=1S/C9H10FNO2/c10-11(7-6-9(12)13)8-4-2-1-3-5-8/h1-5H,6-7H2,(H,12,13). The summed E-state index contributed by atoms with van der Waals surface area (Å²) in [6.45, 7) is -0.126. The van der Waals surface area contributed by atoms with Crippen LogP contribution in [0.1, 0.15) is 6.42 Å². The summed E-state index contributed by atoms with van der Waals surface area (Å²) in [5, 5.41) is 8.74. The number of hydrogen-bond donors (Lipinski definition) is 1. The number of rotatable bonds is 4. The molecule has 0 saturated heterocycles. The number of hydrogen-bond acceptors (Lipinski definition) is 2. The van der Waals surface area contributed by atoms with Crippen LogP contribution >= 0.6 is 0 Å². The molecule has 0 spiro atoms. The summed E-state index contributed by atoms with van der Waals surface area (Å²) in [5.41, 5.74) is 0.378. The lowest BCUT2D eigenvalue weighted by atomic mass is 10.3. The highest BCUT2D eigenvalue weighted by Crippen LogP contribution is 2.13. The van der Waals surface area contributed by atoms with E-state index in [2.05, 4.69) is 0 Å². The van der Waals surface area contributed by atoms with Crippen molar-refractivity contribution in [2.24, 2.45) is 0 Å². The molecule has 0 heterocycles. The van der Waals surface area contributed by atoms with Gasteiger partial charge in [-0.1, -0.05) is 22.7 Å². The van der Waals surface area contributed by atoms with E-state index in [-0.39, 0.29) is 13.0 Å². The molecule has 1 aromatic rings. The number of carboxylic acid groups (broad SMARTS) is 1. The van der Waals surface area contributed by atoms with Crippen molar-refractivity contribution in [1.29, 1.82) is 0 Å². The zero-order chi connectivity index (χ0) is 9.68. The van der Waals surface area contributed by atoms with Crippen LogP contribution < -0.4 is 5.12 Å². The first-order valence-electron chi connectivity index (χ1n) is 3.90. The van der Waals surface area contributed by atoms with Gasteiger partial charge in [0.1, 0.15) is 0 Å². The molecule has 0 radical (unpaired) electrons. The molecule has 0 aliphatic rings. The number of halogens is 1. The van der Waals surface area contributed by atoms with E-state index in [9.17, 15) is 9.28 Å². The molecule has 1 rings (SSSR count). The average Bonchev–Trinajstić information content (AvgIpc) is 2.15. The van der Waals surface area contributed by atoms with E-state index >= 15 is 0 Å². The van der Waals surface area contributed by atoms with E-state index in [0.717, 1.165) is 0 Å². The van der Waals surface area contributed by atoms with E-state index in [1.165, 1.54) is 0 Å². The highest BCUT2D eigenvalue weighted by Gasteiger charge is 2.05. The first kappa shape index (κ1) is 9.51. The first-order chi connectivity index (χ1) is 6.20. The maximum absolute atomic E-state index is 13.1. The largest absolute Gasteiger partial charge is 0.481 e. The van der Waals surface area contributed by atoms with Crippen molar-refractivity contribution in [2.75, 3.05) is 11.7 Å². The fraction of sp³-hybridized carbons (Fsp3) is 0.222. The lowest BCUT2D eigenvalue weighted by molar-refractivity contribution is -0.136. The molecular formula is C9H10FNO2. The fourth-order valence-electron chi connectivity index (χ4n) is 0.913. The number of carbonyl (C=O) groups is 1. The topological polar surface area (TPSA) is 40.5 Å². The van der Waals surface area contributed by atoms with Crippen LogP contribution in [0.3, 0.4) is 0 Å². The minimum Gasteiger partial charge on any atom is -0.481 e. The van der Waals surface area contributed by atoms with Crippen LogP contribution in [0.25, 0.3) is 0 Å². The second-order valence-electron chi connectivity index (χ2n) is 2.57. The van der Waals surface area contributed by atoms with E-state index in [1.54, 1.807) is 30.3 Å². The highest BCUT2D eigenvalue weighted by molar-refractivity contribution is 5.67. The zero-order valence-electron chi connectivity index (χ0n) is 6.98. The van der Waals surface area contributed by atoms with Crippen molar-refractivity contribution in [1.82, 2.24) is 0 Å². The first-order valence-corrected chi connectivity index (χ1v) is 3.90. The summed E-state index contributed by atoms with van der Waals surface area (Å²) in [4.78, 5) is 10.1. The summed E-state index contributed by atoms with van der Waals surface area (Å²) in [6.07, 6.45) is -0.203. The van der Waals surface area contributed by atoms with Crippen molar-refractivity contribution in [2.45, 2.75) is 6.42 Å². The molecule has 0 unspecified atom stereocenters. The van der Waals surface area contributed by atoms with Crippen molar-refractivity contribution in [3.8, 4) is 0 Å². The molecule has 0 atom stereocenters. The van der Waals surface area contributed by atoms with Crippen LogP contribution in [0.2, 0.25) is 0 Å². The van der Waals surface area contributed by atoms with Crippen molar-refractivity contribution < 1.29 is 14.4 Å². The van der Waals surface area contributed by atoms with Crippen molar-refractivity contribution in [3.63, 3.8) is 0 Å². The molecule has 1 N–H and O–H groups in total. The monoisotopic (exact) mass is 183 g/mol. The number of benzene rings is 1. The Hall–Kier alpha value is -1.58. The Morgan fingerprint density at radius 3 is 2.54 bits per heavy atom. The number of nitrogens with zero attached hydrogens (tertiary/aromatic N) is 1. The van der Waals surface area contributed by atoms with Crippen LogP contribution in [-0.2, 0) is 4.79 Å². The van der Waals surface area contributed by atoms with Gasteiger partial charge in [-0.15, -0.1) is 0 Å². The highest BCUT2D eigenvalue weighted by atomic mass is 19.2. The van der Waals surface area contributed by atoms with Gasteiger partial charge in [-0.25, -0.2) is 5.12 Å². The molecule has 1 aromatic carbocycles. The summed E-state index contributed by atoms with van der Waals surface area (Å²) in [5.74, 6) is -1.00. The smallest absolute Gasteiger partial charge is 0.305 e. The number of para-hydroxylation sites is 1. The third-order valence-electron chi connectivity index (χ3n) is 1.56. The van der Waals surface area contributed by atoms with Gasteiger partial charge < -0.3 is 5.11 Å². The summed E-state index contributed by atoms with van der Waals surface area (Å²) >= 11 is 0. The lowest BCUT2D eigenvalue weighted by Crippen LogP contribution is -2.16. The number of carboxylic acids is 1. The van der Waals surface area contributed by atoms with Crippen LogP contribution in [0.4, 0.5) is 10.2 Å². The SMILES string of the molecule is O=C(O)CCN(F)c1ccccc1. The molecule has 0 aromatic heterocycles. The Labute approximate surface area is 75.3 Å². The molecule has 4 heteroatoms.